The Kier molecular flexibility index (Phi) is 7.32. The molecule has 1 atom stereocenters. The Morgan fingerprint density at radius 2 is 1.85 bits per heavy atom. The highest BCUT2D eigenvalue weighted by molar-refractivity contribution is 8.00. The van der Waals surface area contributed by atoms with Crippen LogP contribution in [0.2, 0.25) is 0 Å². The fraction of sp³-hybridized carbons (Fsp3) is 0.286. The Bertz CT molecular complexity index is 1650. The first kappa shape index (κ1) is 27.0. The van der Waals surface area contributed by atoms with Crippen LogP contribution in [0.25, 0.3) is 21.9 Å². The number of furan rings is 1. The Balaban J connectivity index is 1.40. The minimum atomic E-state index is -4.09. The van der Waals surface area contributed by atoms with Gasteiger partial charge in [-0.3, -0.25) is 4.79 Å². The monoisotopic (exact) mass is 568 g/mol. The first-order chi connectivity index (χ1) is 18.5. The van der Waals surface area contributed by atoms with E-state index in [1.165, 1.54) is 23.9 Å². The largest absolute Gasteiger partial charge is 0.507 e. The van der Waals surface area contributed by atoms with Crippen molar-refractivity contribution >= 4 is 61.5 Å². The zero-order valence-corrected chi connectivity index (χ0v) is 23.1. The Morgan fingerprint density at radius 3 is 2.59 bits per heavy atom. The number of carbonyl (C=O) groups is 2. The highest BCUT2D eigenvalue weighted by Gasteiger charge is 2.47. The number of ether oxygens (including phenoxy) is 1. The topological polar surface area (TPSA) is 126 Å². The average molecular weight is 569 g/mol. The summed E-state index contributed by atoms with van der Waals surface area (Å²) in [6.07, 6.45) is -1.75. The Morgan fingerprint density at radius 1 is 1.08 bits per heavy atom. The lowest BCUT2D eigenvalue weighted by molar-refractivity contribution is -0.116. The van der Waals surface area contributed by atoms with Crippen LogP contribution in [0, 0.1) is 0 Å². The third-order valence-electron chi connectivity index (χ3n) is 6.67. The van der Waals surface area contributed by atoms with Crippen molar-refractivity contribution in [2.75, 3.05) is 17.6 Å². The lowest BCUT2D eigenvalue weighted by Gasteiger charge is -2.43. The molecule has 1 aliphatic heterocycles. The van der Waals surface area contributed by atoms with Crippen LogP contribution in [0.3, 0.4) is 0 Å². The molecule has 2 N–H and O–H groups in total. The zero-order valence-electron chi connectivity index (χ0n) is 21.4. The molecule has 39 heavy (non-hydrogen) atoms. The molecule has 1 aromatic heterocycles. The summed E-state index contributed by atoms with van der Waals surface area (Å²) in [6.45, 7) is 3.64. The van der Waals surface area contributed by atoms with Gasteiger partial charge in [0.25, 0.3) is 0 Å². The number of nitrogens with one attached hydrogen (secondary N) is 1. The van der Waals surface area contributed by atoms with Crippen LogP contribution >= 0.6 is 11.8 Å². The van der Waals surface area contributed by atoms with Crippen molar-refractivity contribution in [3.8, 4) is 0 Å². The summed E-state index contributed by atoms with van der Waals surface area (Å²) < 4.78 is 38.7. The van der Waals surface area contributed by atoms with Gasteiger partial charge in [0.05, 0.1) is 9.64 Å². The highest BCUT2D eigenvalue weighted by atomic mass is 32.2. The van der Waals surface area contributed by atoms with E-state index < -0.39 is 27.2 Å². The van der Waals surface area contributed by atoms with Gasteiger partial charge in [0.15, 0.2) is 6.23 Å². The van der Waals surface area contributed by atoms with Gasteiger partial charge in [0, 0.05) is 41.2 Å². The van der Waals surface area contributed by atoms with E-state index in [1.807, 2.05) is 30.3 Å². The Labute approximate surface area is 230 Å². The van der Waals surface area contributed by atoms with Crippen molar-refractivity contribution in [2.24, 2.45) is 0 Å². The van der Waals surface area contributed by atoms with Gasteiger partial charge in [-0.15, -0.1) is 11.8 Å². The first-order valence-corrected chi connectivity index (χ1v) is 14.8. The molecule has 0 unspecified atom stereocenters. The number of anilines is 1. The molecule has 0 spiro atoms. The molecule has 1 saturated heterocycles. The van der Waals surface area contributed by atoms with Crippen LogP contribution in [0.1, 0.15) is 25.8 Å². The van der Waals surface area contributed by atoms with Crippen molar-refractivity contribution in [1.29, 1.82) is 0 Å². The van der Waals surface area contributed by atoms with E-state index in [4.69, 9.17) is 9.15 Å². The molecule has 0 saturated carbocycles. The number of aryl methyl sites for hydroxylation is 1. The maximum absolute atomic E-state index is 13.7. The number of amides is 1. The second kappa shape index (κ2) is 10.6. The Hall–Kier alpha value is -3.54. The summed E-state index contributed by atoms with van der Waals surface area (Å²) in [5.41, 5.74) is 2.65. The molecule has 1 amide bonds. The van der Waals surface area contributed by atoms with Gasteiger partial charge < -0.3 is 19.6 Å². The van der Waals surface area contributed by atoms with Crippen molar-refractivity contribution < 1.29 is 32.3 Å². The van der Waals surface area contributed by atoms with E-state index in [1.54, 1.807) is 38.1 Å². The van der Waals surface area contributed by atoms with Gasteiger partial charge in [0.2, 0.25) is 15.9 Å². The van der Waals surface area contributed by atoms with Gasteiger partial charge in [-0.1, -0.05) is 30.3 Å². The molecular weight excluding hydrogens is 540 g/mol. The van der Waals surface area contributed by atoms with Crippen molar-refractivity contribution in [3.05, 3.63) is 72.3 Å². The predicted molar refractivity (Wildman–Crippen MR) is 150 cm³/mol. The molecule has 0 bridgehead atoms. The van der Waals surface area contributed by atoms with E-state index in [0.717, 1.165) is 9.87 Å². The predicted octanol–water partition coefficient (Wildman–Crippen LogP) is 5.69. The van der Waals surface area contributed by atoms with Crippen molar-refractivity contribution in [1.82, 2.24) is 4.31 Å². The number of fused-ring (bicyclic) bond motifs is 3. The fourth-order valence-corrected chi connectivity index (χ4v) is 7.71. The van der Waals surface area contributed by atoms with Gasteiger partial charge in [-0.05, 0) is 56.2 Å². The maximum Gasteiger partial charge on any atom is 0.507 e. The number of carbonyl (C=O) groups excluding carboxylic acids is 1. The third kappa shape index (κ3) is 5.61. The molecule has 1 fully saturated rings. The van der Waals surface area contributed by atoms with Crippen molar-refractivity contribution in [3.63, 3.8) is 0 Å². The molecule has 3 aromatic carbocycles. The number of sulfonamides is 1. The third-order valence-corrected chi connectivity index (χ3v) is 9.84. The lowest BCUT2D eigenvalue weighted by Crippen LogP contribution is -2.56. The van der Waals surface area contributed by atoms with E-state index in [2.05, 4.69) is 5.32 Å². The van der Waals surface area contributed by atoms with E-state index >= 15 is 0 Å². The quantitative estimate of drug-likeness (QED) is 0.272. The second-order valence-corrected chi connectivity index (χ2v) is 13.4. The molecule has 0 aliphatic carbocycles. The second-order valence-electron chi connectivity index (χ2n) is 9.81. The minimum absolute atomic E-state index is 0.0117. The minimum Gasteiger partial charge on any atom is -0.456 e. The summed E-state index contributed by atoms with van der Waals surface area (Å²) in [5, 5.41) is 13.4. The maximum atomic E-state index is 13.7. The fourth-order valence-electron chi connectivity index (χ4n) is 4.73. The van der Waals surface area contributed by atoms with Crippen LogP contribution in [0.15, 0.2) is 76.0 Å². The van der Waals surface area contributed by atoms with Gasteiger partial charge in [-0.2, -0.15) is 4.31 Å². The number of hydrogen-bond acceptors (Lipinski definition) is 7. The van der Waals surface area contributed by atoms with Crippen LogP contribution in [0.5, 0.6) is 0 Å². The number of carboxylic acid groups (broad SMARTS) is 1. The lowest BCUT2D eigenvalue weighted by atomic mass is 10.1. The van der Waals surface area contributed by atoms with Gasteiger partial charge in [0.1, 0.15) is 11.2 Å². The first-order valence-electron chi connectivity index (χ1n) is 12.4. The molecule has 1 aliphatic rings. The van der Waals surface area contributed by atoms with Crippen LogP contribution in [-0.2, 0) is 26.0 Å². The van der Waals surface area contributed by atoms with Crippen LogP contribution < -0.4 is 5.32 Å². The van der Waals surface area contributed by atoms with Crippen LogP contribution in [-0.4, -0.2) is 53.2 Å². The summed E-state index contributed by atoms with van der Waals surface area (Å²) in [5.74, 6) is 0.381. The number of benzene rings is 3. The molecule has 204 valence electrons. The number of rotatable bonds is 7. The SMILES string of the molecule is CC1(C)SCCN(S(=O)(=O)c2ccc3oc4cc(NC(=O)CCc5ccccc5)ccc4c3c2)[C@H]1OC(=O)O. The number of thioether (sulfide) groups is 1. The number of hydrogen-bond donors (Lipinski definition) is 2. The van der Waals surface area contributed by atoms with E-state index in [9.17, 15) is 23.1 Å². The van der Waals surface area contributed by atoms with Crippen LogP contribution in [0.4, 0.5) is 10.5 Å². The summed E-state index contributed by atoms with van der Waals surface area (Å²) >= 11 is 1.46. The van der Waals surface area contributed by atoms with E-state index in [0.29, 0.717) is 46.2 Å². The highest BCUT2D eigenvalue weighted by Crippen LogP contribution is 2.40. The normalized spacial score (nSPS) is 17.7. The summed E-state index contributed by atoms with van der Waals surface area (Å²) in [4.78, 5) is 23.8. The summed E-state index contributed by atoms with van der Waals surface area (Å²) in [7, 11) is -4.09. The van der Waals surface area contributed by atoms with E-state index in [-0.39, 0.29) is 17.3 Å². The van der Waals surface area contributed by atoms with Crippen molar-refractivity contribution in [2.45, 2.75) is 42.6 Å². The number of nitrogens with zero attached hydrogens (tertiary/aromatic N) is 1. The molecule has 2 heterocycles. The molecule has 4 aromatic rings. The molecule has 11 heteroatoms. The summed E-state index contributed by atoms with van der Waals surface area (Å²) in [6, 6.07) is 19.6. The standard InChI is InChI=1S/C28H28N2O7S2/c1-28(2)26(37-27(32)33)30(14-15-38-28)39(34,35)20-10-12-23-22(17-20)21-11-9-19(16-24(21)36-23)29-25(31)13-8-18-6-4-3-5-7-18/h3-7,9-12,16-17,26H,8,13-15H2,1-2H3,(H,29,31)(H,32,33)/t26-/m0/s1. The van der Waals surface area contributed by atoms with Gasteiger partial charge >= 0.3 is 6.16 Å². The molecule has 5 rings (SSSR count). The smallest absolute Gasteiger partial charge is 0.456 e. The molecule has 0 radical (unpaired) electrons. The van der Waals surface area contributed by atoms with Gasteiger partial charge in [-0.25, -0.2) is 13.2 Å². The molecule has 9 nitrogen and oxygen atoms in total. The molecular formula is C28H28N2O7S2. The zero-order chi connectivity index (χ0) is 27.8. The average Bonchev–Trinajstić information content (AvgIpc) is 3.26.